The number of rotatable bonds is 7. The minimum Gasteiger partial charge on any atom is -0.404 e. The van der Waals surface area contributed by atoms with E-state index < -0.39 is 13.3 Å². The van der Waals surface area contributed by atoms with Crippen LogP contribution in [-0.2, 0) is 28.4 Å². The summed E-state index contributed by atoms with van der Waals surface area (Å²) in [6.07, 6.45) is 2.70. The van der Waals surface area contributed by atoms with Gasteiger partial charge in [0.25, 0.3) is 7.37 Å². The zero-order valence-corrected chi connectivity index (χ0v) is 16.4. The zero-order chi connectivity index (χ0) is 18.4. The van der Waals surface area contributed by atoms with Crippen molar-refractivity contribution in [3.05, 3.63) is 64.7 Å². The maximum atomic E-state index is 13.2. The standard InChI is InChI=1S/C21H27O3P/c1-5-16-14-17(6-2)20(18(7-3)15-16)21(22)24-25(23,8-4)19-12-10-9-11-13-19/h9-15H,5-8H2,1-4H3. The number of hydrogen-bond donors (Lipinski definition) is 0. The smallest absolute Gasteiger partial charge is 0.343 e. The number of benzene rings is 2. The zero-order valence-electron chi connectivity index (χ0n) is 15.5. The number of hydrogen-bond acceptors (Lipinski definition) is 3. The third kappa shape index (κ3) is 4.22. The minimum absolute atomic E-state index is 0.290. The second-order valence-corrected chi connectivity index (χ2v) is 8.73. The third-order valence-electron chi connectivity index (χ3n) is 4.53. The topological polar surface area (TPSA) is 43.4 Å². The molecule has 0 saturated carbocycles. The highest BCUT2D eigenvalue weighted by Gasteiger charge is 2.30. The lowest BCUT2D eigenvalue weighted by Gasteiger charge is -2.20. The fourth-order valence-electron chi connectivity index (χ4n) is 3.00. The van der Waals surface area contributed by atoms with Gasteiger partial charge in [0.2, 0.25) is 0 Å². The summed E-state index contributed by atoms with van der Waals surface area (Å²) in [4.78, 5) is 13.0. The van der Waals surface area contributed by atoms with E-state index in [0.29, 0.717) is 17.0 Å². The highest BCUT2D eigenvalue weighted by molar-refractivity contribution is 7.67. The Hall–Kier alpha value is -1.86. The first-order valence-corrected chi connectivity index (χ1v) is 10.8. The van der Waals surface area contributed by atoms with Crippen LogP contribution in [0.15, 0.2) is 42.5 Å². The van der Waals surface area contributed by atoms with Gasteiger partial charge in [0.1, 0.15) is 0 Å². The van der Waals surface area contributed by atoms with E-state index in [0.717, 1.165) is 30.4 Å². The molecule has 0 fully saturated rings. The van der Waals surface area contributed by atoms with Gasteiger partial charge in [-0.1, -0.05) is 58.0 Å². The lowest BCUT2D eigenvalue weighted by molar-refractivity contribution is 0.0742. The van der Waals surface area contributed by atoms with Gasteiger partial charge in [0.15, 0.2) is 0 Å². The molecule has 4 heteroatoms. The molecule has 0 radical (unpaired) electrons. The number of carbonyl (C=O) groups is 1. The predicted molar refractivity (Wildman–Crippen MR) is 104 cm³/mol. The first-order chi connectivity index (χ1) is 12.0. The highest BCUT2D eigenvalue weighted by Crippen LogP contribution is 2.46. The van der Waals surface area contributed by atoms with Gasteiger partial charge in [-0.25, -0.2) is 4.79 Å². The Morgan fingerprint density at radius 2 is 1.48 bits per heavy atom. The van der Waals surface area contributed by atoms with E-state index in [2.05, 4.69) is 19.1 Å². The molecule has 25 heavy (non-hydrogen) atoms. The van der Waals surface area contributed by atoms with Crippen LogP contribution in [0, 0.1) is 0 Å². The van der Waals surface area contributed by atoms with Gasteiger partial charge in [-0.3, -0.25) is 4.57 Å². The van der Waals surface area contributed by atoms with E-state index in [1.54, 1.807) is 19.1 Å². The Bertz CT molecular complexity index is 756. The Morgan fingerprint density at radius 3 is 1.92 bits per heavy atom. The molecule has 0 aliphatic rings. The van der Waals surface area contributed by atoms with E-state index >= 15 is 0 Å². The first-order valence-electron chi connectivity index (χ1n) is 9.02. The van der Waals surface area contributed by atoms with Crippen LogP contribution in [0.2, 0.25) is 0 Å². The average Bonchev–Trinajstić information content (AvgIpc) is 2.67. The molecule has 2 rings (SSSR count). The second kappa shape index (κ2) is 8.49. The third-order valence-corrected chi connectivity index (χ3v) is 6.91. The molecule has 2 aromatic rings. The molecule has 0 aromatic heterocycles. The summed E-state index contributed by atoms with van der Waals surface area (Å²) in [6, 6.07) is 13.1. The van der Waals surface area contributed by atoms with Crippen LogP contribution in [-0.4, -0.2) is 12.1 Å². The Kier molecular flexibility index (Phi) is 6.61. The van der Waals surface area contributed by atoms with Gasteiger partial charge in [-0.15, -0.1) is 0 Å². The summed E-state index contributed by atoms with van der Waals surface area (Å²) in [7, 11) is -3.20. The summed E-state index contributed by atoms with van der Waals surface area (Å²) in [6.45, 7) is 7.96. The molecule has 0 aliphatic carbocycles. The van der Waals surface area contributed by atoms with Crippen LogP contribution in [0.1, 0.15) is 54.7 Å². The Morgan fingerprint density at radius 1 is 0.920 bits per heavy atom. The monoisotopic (exact) mass is 358 g/mol. The summed E-state index contributed by atoms with van der Waals surface area (Å²) >= 11 is 0. The SMILES string of the molecule is CCc1cc(CC)c(C(=O)OP(=O)(CC)c2ccccc2)c(CC)c1. The normalized spacial score (nSPS) is 13.3. The van der Waals surface area contributed by atoms with E-state index in [1.807, 2.05) is 32.0 Å². The molecule has 3 nitrogen and oxygen atoms in total. The molecule has 0 aliphatic heterocycles. The van der Waals surface area contributed by atoms with Crippen molar-refractivity contribution in [1.82, 2.24) is 0 Å². The minimum atomic E-state index is -3.20. The molecule has 2 aromatic carbocycles. The van der Waals surface area contributed by atoms with E-state index in [-0.39, 0.29) is 0 Å². The average molecular weight is 358 g/mol. The van der Waals surface area contributed by atoms with Gasteiger partial charge in [-0.05, 0) is 48.1 Å². The van der Waals surface area contributed by atoms with Gasteiger partial charge in [0, 0.05) is 11.5 Å². The largest absolute Gasteiger partial charge is 0.404 e. The summed E-state index contributed by atoms with van der Waals surface area (Å²) < 4.78 is 18.9. The maximum absolute atomic E-state index is 13.2. The van der Waals surface area contributed by atoms with Gasteiger partial charge in [-0.2, -0.15) is 0 Å². The molecule has 0 heterocycles. The Balaban J connectivity index is 2.45. The molecule has 134 valence electrons. The number of aryl methyl sites for hydroxylation is 3. The second-order valence-electron chi connectivity index (χ2n) is 6.05. The van der Waals surface area contributed by atoms with E-state index in [9.17, 15) is 9.36 Å². The molecule has 0 N–H and O–H groups in total. The van der Waals surface area contributed by atoms with Crippen molar-refractivity contribution >= 4 is 18.6 Å². The molecule has 1 atom stereocenters. The van der Waals surface area contributed by atoms with Crippen LogP contribution in [0.5, 0.6) is 0 Å². The molecule has 0 spiro atoms. The lowest BCUT2D eigenvalue weighted by atomic mass is 9.94. The lowest BCUT2D eigenvalue weighted by Crippen LogP contribution is -2.16. The van der Waals surface area contributed by atoms with Crippen molar-refractivity contribution in [2.45, 2.75) is 47.0 Å². The van der Waals surface area contributed by atoms with Crippen molar-refractivity contribution in [3.8, 4) is 0 Å². The number of carbonyl (C=O) groups excluding carboxylic acids is 1. The molecule has 0 amide bonds. The van der Waals surface area contributed by atoms with Crippen LogP contribution >= 0.6 is 7.37 Å². The highest BCUT2D eigenvalue weighted by atomic mass is 31.2. The Labute approximate surface area is 150 Å². The van der Waals surface area contributed by atoms with Crippen molar-refractivity contribution in [2.75, 3.05) is 6.16 Å². The van der Waals surface area contributed by atoms with Crippen LogP contribution in [0.3, 0.4) is 0 Å². The first kappa shape index (κ1) is 19.5. The molecule has 1 unspecified atom stereocenters. The molecular formula is C21H27O3P. The molecule has 0 bridgehead atoms. The van der Waals surface area contributed by atoms with E-state index in [4.69, 9.17) is 4.52 Å². The maximum Gasteiger partial charge on any atom is 0.343 e. The van der Waals surface area contributed by atoms with Gasteiger partial charge >= 0.3 is 5.97 Å². The van der Waals surface area contributed by atoms with Crippen LogP contribution in [0.25, 0.3) is 0 Å². The quantitative estimate of drug-likeness (QED) is 0.643. The van der Waals surface area contributed by atoms with Gasteiger partial charge < -0.3 is 4.52 Å². The van der Waals surface area contributed by atoms with Crippen LogP contribution in [0.4, 0.5) is 0 Å². The molecular weight excluding hydrogens is 331 g/mol. The van der Waals surface area contributed by atoms with Gasteiger partial charge in [0.05, 0.1) is 5.56 Å². The summed E-state index contributed by atoms with van der Waals surface area (Å²) in [5.74, 6) is -0.467. The van der Waals surface area contributed by atoms with Crippen molar-refractivity contribution < 1.29 is 13.9 Å². The summed E-state index contributed by atoms with van der Waals surface area (Å²) in [5, 5.41) is 0.590. The fraction of sp³-hybridized carbons (Fsp3) is 0.381. The van der Waals surface area contributed by atoms with Crippen LogP contribution < -0.4 is 5.30 Å². The van der Waals surface area contributed by atoms with Crippen molar-refractivity contribution in [1.29, 1.82) is 0 Å². The van der Waals surface area contributed by atoms with E-state index in [1.165, 1.54) is 5.56 Å². The predicted octanol–water partition coefficient (Wildman–Crippen LogP) is 5.15. The van der Waals surface area contributed by atoms with Crippen molar-refractivity contribution in [2.24, 2.45) is 0 Å². The molecule has 0 saturated heterocycles. The fourth-order valence-corrected chi connectivity index (χ4v) is 4.58. The van der Waals surface area contributed by atoms with Crippen molar-refractivity contribution in [3.63, 3.8) is 0 Å². The summed E-state index contributed by atoms with van der Waals surface area (Å²) in [5.41, 5.74) is 3.74.